The predicted molar refractivity (Wildman–Crippen MR) is 95.5 cm³/mol. The number of carbonyl (C=O) groups is 1. The van der Waals surface area contributed by atoms with Crippen molar-refractivity contribution in [1.29, 1.82) is 0 Å². The fraction of sp³-hybridized carbons (Fsp3) is 0.353. The zero-order valence-corrected chi connectivity index (χ0v) is 15.1. The van der Waals surface area contributed by atoms with Crippen molar-refractivity contribution < 1.29 is 17.9 Å². The summed E-state index contributed by atoms with van der Waals surface area (Å²) in [7, 11) is -3.80. The molecule has 25 heavy (non-hydrogen) atoms. The molecule has 3 heterocycles. The highest BCUT2D eigenvalue weighted by molar-refractivity contribution is 7.91. The molecule has 2 aromatic rings. The molecular formula is C17H18N2O4S2. The zero-order chi connectivity index (χ0) is 17.7. The van der Waals surface area contributed by atoms with Crippen LogP contribution in [0.25, 0.3) is 0 Å². The van der Waals surface area contributed by atoms with Gasteiger partial charge in [0.1, 0.15) is 4.21 Å². The Morgan fingerprint density at radius 1 is 1.24 bits per heavy atom. The standard InChI is InChI=1S/C17H18N2O4S2/c18-25(21,22)15-9-12(10-24-15)16(20)19-11-17(5-7-23-8-6-17)13-3-1-2-4-14(13)19/h1-4,9-10H,5-8,11H2,(H2,18,21,22). The minimum Gasteiger partial charge on any atom is -0.381 e. The van der Waals surface area contributed by atoms with Gasteiger partial charge in [-0.1, -0.05) is 18.2 Å². The van der Waals surface area contributed by atoms with Crippen LogP contribution in [-0.4, -0.2) is 34.1 Å². The molecule has 132 valence electrons. The van der Waals surface area contributed by atoms with E-state index < -0.39 is 10.0 Å². The van der Waals surface area contributed by atoms with Crippen LogP contribution in [0.5, 0.6) is 0 Å². The summed E-state index contributed by atoms with van der Waals surface area (Å²) in [5.74, 6) is -0.193. The molecule has 0 bridgehead atoms. The Kier molecular flexibility index (Phi) is 3.95. The van der Waals surface area contributed by atoms with E-state index in [1.54, 1.807) is 10.3 Å². The Balaban J connectivity index is 1.71. The lowest BCUT2D eigenvalue weighted by atomic mass is 9.76. The molecule has 0 unspecified atom stereocenters. The largest absolute Gasteiger partial charge is 0.381 e. The number of para-hydroxylation sites is 1. The van der Waals surface area contributed by atoms with Crippen LogP contribution in [0.4, 0.5) is 5.69 Å². The van der Waals surface area contributed by atoms with Crippen molar-refractivity contribution in [3.8, 4) is 0 Å². The van der Waals surface area contributed by atoms with Gasteiger partial charge < -0.3 is 9.64 Å². The number of nitrogens with zero attached hydrogens (tertiary/aromatic N) is 1. The predicted octanol–water partition coefficient (Wildman–Crippen LogP) is 2.10. The number of nitrogens with two attached hydrogens (primary N) is 1. The minimum atomic E-state index is -3.80. The van der Waals surface area contributed by atoms with Crippen molar-refractivity contribution in [2.75, 3.05) is 24.7 Å². The highest BCUT2D eigenvalue weighted by Gasteiger charge is 2.45. The van der Waals surface area contributed by atoms with Gasteiger partial charge in [-0.05, 0) is 30.5 Å². The molecule has 0 saturated carbocycles. The van der Waals surface area contributed by atoms with Crippen LogP contribution in [0, 0.1) is 0 Å². The van der Waals surface area contributed by atoms with E-state index in [4.69, 9.17) is 9.88 Å². The minimum absolute atomic E-state index is 0.00381. The molecule has 2 aliphatic rings. The van der Waals surface area contributed by atoms with E-state index in [9.17, 15) is 13.2 Å². The Bertz CT molecular complexity index is 930. The molecule has 1 aromatic heterocycles. The van der Waals surface area contributed by atoms with Crippen LogP contribution in [0.1, 0.15) is 28.8 Å². The number of hydrogen-bond donors (Lipinski definition) is 1. The van der Waals surface area contributed by atoms with Gasteiger partial charge in [-0.25, -0.2) is 13.6 Å². The molecule has 0 radical (unpaired) electrons. The SMILES string of the molecule is NS(=O)(=O)c1cc(C(=O)N2CC3(CCOCC3)c3ccccc32)cs1. The summed E-state index contributed by atoms with van der Waals surface area (Å²) in [4.78, 5) is 14.8. The Labute approximate surface area is 150 Å². The quantitative estimate of drug-likeness (QED) is 0.867. The first-order valence-corrected chi connectivity index (χ1v) is 10.4. The van der Waals surface area contributed by atoms with E-state index >= 15 is 0 Å². The number of hydrogen-bond acceptors (Lipinski definition) is 5. The molecule has 6 nitrogen and oxygen atoms in total. The monoisotopic (exact) mass is 378 g/mol. The highest BCUT2D eigenvalue weighted by Crippen LogP contribution is 2.47. The van der Waals surface area contributed by atoms with Crippen molar-refractivity contribution in [3.63, 3.8) is 0 Å². The van der Waals surface area contributed by atoms with E-state index in [1.807, 2.05) is 18.2 Å². The second-order valence-electron chi connectivity index (χ2n) is 6.50. The van der Waals surface area contributed by atoms with Crippen LogP contribution in [0.15, 0.2) is 39.9 Å². The number of benzene rings is 1. The van der Waals surface area contributed by atoms with Crippen LogP contribution in [-0.2, 0) is 20.2 Å². The third-order valence-corrected chi connectivity index (χ3v) is 7.41. The number of anilines is 1. The summed E-state index contributed by atoms with van der Waals surface area (Å²) in [6.45, 7) is 1.96. The molecule has 2 aliphatic heterocycles. The van der Waals surface area contributed by atoms with Crippen LogP contribution >= 0.6 is 11.3 Å². The maximum Gasteiger partial charge on any atom is 0.259 e. The van der Waals surface area contributed by atoms with Crippen molar-refractivity contribution in [2.24, 2.45) is 5.14 Å². The fourth-order valence-corrected chi connectivity index (χ4v) is 5.31. The first-order chi connectivity index (χ1) is 11.9. The lowest BCUT2D eigenvalue weighted by Gasteiger charge is -2.34. The van der Waals surface area contributed by atoms with Crippen LogP contribution in [0.2, 0.25) is 0 Å². The lowest BCUT2D eigenvalue weighted by Crippen LogP contribution is -2.40. The number of ether oxygens (including phenoxy) is 1. The van der Waals surface area contributed by atoms with Crippen LogP contribution in [0.3, 0.4) is 0 Å². The molecule has 0 atom stereocenters. The smallest absolute Gasteiger partial charge is 0.259 e. The number of carbonyl (C=O) groups excluding carboxylic acids is 1. The van der Waals surface area contributed by atoms with Crippen molar-refractivity contribution in [1.82, 2.24) is 0 Å². The molecular weight excluding hydrogens is 360 g/mol. The number of fused-ring (bicyclic) bond motifs is 2. The molecule has 1 fully saturated rings. The first-order valence-electron chi connectivity index (χ1n) is 8.01. The van der Waals surface area contributed by atoms with E-state index in [0.717, 1.165) is 29.9 Å². The van der Waals surface area contributed by atoms with Gasteiger partial charge in [0, 0.05) is 36.2 Å². The number of primary sulfonamides is 1. The maximum absolute atomic E-state index is 13.0. The summed E-state index contributed by atoms with van der Waals surface area (Å²) in [5, 5.41) is 6.71. The van der Waals surface area contributed by atoms with Crippen molar-refractivity contribution >= 4 is 33.0 Å². The second kappa shape index (κ2) is 5.91. The molecule has 1 saturated heterocycles. The van der Waals surface area contributed by atoms with Gasteiger partial charge >= 0.3 is 0 Å². The summed E-state index contributed by atoms with van der Waals surface area (Å²) in [5.41, 5.74) is 2.35. The van der Waals surface area contributed by atoms with Gasteiger partial charge in [0.15, 0.2) is 0 Å². The van der Waals surface area contributed by atoms with E-state index in [-0.39, 0.29) is 15.5 Å². The van der Waals surface area contributed by atoms with E-state index in [1.165, 1.54) is 11.6 Å². The second-order valence-corrected chi connectivity index (χ2v) is 9.20. The molecule has 1 aromatic carbocycles. The van der Waals surface area contributed by atoms with Gasteiger partial charge in [0.2, 0.25) is 10.0 Å². The molecule has 1 spiro atoms. The number of thiophene rings is 1. The number of sulfonamides is 1. The van der Waals surface area contributed by atoms with Gasteiger partial charge in [0.05, 0.1) is 5.56 Å². The van der Waals surface area contributed by atoms with Gasteiger partial charge in [-0.2, -0.15) is 0 Å². The van der Waals surface area contributed by atoms with Crippen molar-refractivity contribution in [3.05, 3.63) is 46.8 Å². The Morgan fingerprint density at radius 3 is 2.64 bits per heavy atom. The molecule has 8 heteroatoms. The summed E-state index contributed by atoms with van der Waals surface area (Å²) in [6, 6.07) is 9.30. The lowest BCUT2D eigenvalue weighted by molar-refractivity contribution is 0.0547. The molecule has 1 amide bonds. The van der Waals surface area contributed by atoms with Crippen LogP contribution < -0.4 is 10.0 Å². The zero-order valence-electron chi connectivity index (χ0n) is 13.5. The third-order valence-electron chi connectivity index (χ3n) is 5.02. The van der Waals surface area contributed by atoms with E-state index in [2.05, 4.69) is 6.07 Å². The van der Waals surface area contributed by atoms with E-state index in [0.29, 0.717) is 25.3 Å². The highest BCUT2D eigenvalue weighted by atomic mass is 32.2. The fourth-order valence-electron chi connectivity index (χ4n) is 3.74. The molecule has 2 N–H and O–H groups in total. The summed E-state index contributed by atoms with van der Waals surface area (Å²) in [6.07, 6.45) is 1.75. The molecule has 4 rings (SSSR count). The average molecular weight is 378 g/mol. The summed E-state index contributed by atoms with van der Waals surface area (Å²) >= 11 is 0.972. The third kappa shape index (κ3) is 2.79. The van der Waals surface area contributed by atoms with Crippen molar-refractivity contribution in [2.45, 2.75) is 22.5 Å². The number of amides is 1. The first kappa shape index (κ1) is 16.7. The normalized spacial score (nSPS) is 19.2. The van der Waals surface area contributed by atoms with Gasteiger partial charge in [-0.3, -0.25) is 4.79 Å². The maximum atomic E-state index is 13.0. The number of rotatable bonds is 2. The topological polar surface area (TPSA) is 89.7 Å². The Morgan fingerprint density at radius 2 is 1.96 bits per heavy atom. The summed E-state index contributed by atoms with van der Waals surface area (Å²) < 4.78 is 28.5. The van der Waals surface area contributed by atoms with Gasteiger partial charge in [0.25, 0.3) is 5.91 Å². The average Bonchev–Trinajstić information content (AvgIpc) is 3.20. The Hall–Kier alpha value is -1.74. The van der Waals surface area contributed by atoms with Gasteiger partial charge in [-0.15, -0.1) is 11.3 Å². The molecule has 0 aliphatic carbocycles.